The minimum atomic E-state index is -0.515. The topological polar surface area (TPSA) is 47.6 Å². The highest BCUT2D eigenvalue weighted by molar-refractivity contribution is 9.10. The number of amides is 1. The van der Waals surface area contributed by atoms with Crippen molar-refractivity contribution in [1.29, 1.82) is 0 Å². The molecular formula is C20H26BrNO3. The van der Waals surface area contributed by atoms with Gasteiger partial charge in [-0.2, -0.15) is 0 Å². The van der Waals surface area contributed by atoms with E-state index >= 15 is 0 Å². The monoisotopic (exact) mass is 407 g/mol. The minimum absolute atomic E-state index is 0.129. The summed E-state index contributed by atoms with van der Waals surface area (Å²) in [5.41, 5.74) is -0.515. The molecule has 1 amide bonds. The lowest BCUT2D eigenvalue weighted by Gasteiger charge is -2.25. The molecule has 2 rings (SSSR count). The third-order valence-electron chi connectivity index (χ3n) is 3.71. The number of rotatable bonds is 5. The maximum Gasteiger partial charge on any atom is 0.407 e. The lowest BCUT2D eigenvalue weighted by Crippen LogP contribution is -2.45. The molecule has 25 heavy (non-hydrogen) atoms. The van der Waals surface area contributed by atoms with Gasteiger partial charge in [-0.25, -0.2) is 4.79 Å². The van der Waals surface area contributed by atoms with Crippen molar-refractivity contribution in [2.24, 2.45) is 5.92 Å². The highest BCUT2D eigenvalue weighted by Gasteiger charge is 2.22. The van der Waals surface area contributed by atoms with Gasteiger partial charge in [0.1, 0.15) is 18.0 Å². The van der Waals surface area contributed by atoms with Crippen LogP contribution in [0.5, 0.6) is 5.75 Å². The second-order valence-electron chi connectivity index (χ2n) is 7.46. The number of benzene rings is 2. The van der Waals surface area contributed by atoms with Crippen molar-refractivity contribution in [2.75, 3.05) is 6.61 Å². The van der Waals surface area contributed by atoms with E-state index in [0.717, 1.165) is 21.0 Å². The molecule has 0 aromatic heterocycles. The largest absolute Gasteiger partial charge is 0.491 e. The first kappa shape index (κ1) is 19.6. The molecule has 1 N–H and O–H groups in total. The van der Waals surface area contributed by atoms with Gasteiger partial charge in [-0.05, 0) is 61.7 Å². The SMILES string of the molecule is CC(C)C(COc1ccc2cc(Br)ccc2c1)NC(=O)OC(C)(C)C. The molecular weight excluding hydrogens is 382 g/mol. The standard InChI is InChI=1S/C20H26BrNO3/c1-13(2)18(22-19(23)25-20(3,4)5)12-24-17-9-7-14-10-16(21)8-6-15(14)11-17/h6-11,13,18H,12H2,1-5H3,(H,22,23). The number of carbonyl (C=O) groups excluding carboxylic acids is 1. The molecule has 136 valence electrons. The Morgan fingerprint density at radius 2 is 1.76 bits per heavy atom. The summed E-state index contributed by atoms with van der Waals surface area (Å²) in [5, 5.41) is 5.16. The molecule has 0 spiro atoms. The number of carbonyl (C=O) groups is 1. The van der Waals surface area contributed by atoms with Crippen LogP contribution in [0.3, 0.4) is 0 Å². The molecule has 0 heterocycles. The number of hydrogen-bond donors (Lipinski definition) is 1. The first-order chi connectivity index (χ1) is 11.6. The van der Waals surface area contributed by atoms with Crippen LogP contribution in [0.15, 0.2) is 40.9 Å². The average Bonchev–Trinajstić information content (AvgIpc) is 2.49. The van der Waals surface area contributed by atoms with Crippen molar-refractivity contribution in [2.45, 2.75) is 46.3 Å². The van der Waals surface area contributed by atoms with Crippen molar-refractivity contribution < 1.29 is 14.3 Å². The molecule has 0 bridgehead atoms. The van der Waals surface area contributed by atoms with E-state index in [1.54, 1.807) is 0 Å². The van der Waals surface area contributed by atoms with E-state index in [1.807, 2.05) is 65.0 Å². The molecule has 0 aliphatic carbocycles. The summed E-state index contributed by atoms with van der Waals surface area (Å²) in [7, 11) is 0. The van der Waals surface area contributed by atoms with Gasteiger partial charge in [-0.1, -0.05) is 41.9 Å². The van der Waals surface area contributed by atoms with Crippen LogP contribution in [0.2, 0.25) is 0 Å². The van der Waals surface area contributed by atoms with Crippen LogP contribution in [-0.2, 0) is 4.74 Å². The zero-order valence-corrected chi connectivity index (χ0v) is 17.0. The van der Waals surface area contributed by atoms with E-state index < -0.39 is 11.7 Å². The van der Waals surface area contributed by atoms with Crippen LogP contribution < -0.4 is 10.1 Å². The fourth-order valence-corrected chi connectivity index (χ4v) is 2.71. The van der Waals surface area contributed by atoms with Crippen LogP contribution in [0.25, 0.3) is 10.8 Å². The zero-order valence-electron chi connectivity index (χ0n) is 15.4. The molecule has 2 aromatic carbocycles. The highest BCUT2D eigenvalue weighted by Crippen LogP contribution is 2.24. The van der Waals surface area contributed by atoms with Crippen molar-refractivity contribution >= 4 is 32.8 Å². The van der Waals surface area contributed by atoms with Gasteiger partial charge in [0.15, 0.2) is 0 Å². The first-order valence-corrected chi connectivity index (χ1v) is 9.25. The number of hydrogen-bond acceptors (Lipinski definition) is 3. The van der Waals surface area contributed by atoms with Crippen molar-refractivity contribution in [3.05, 3.63) is 40.9 Å². The molecule has 1 unspecified atom stereocenters. The second kappa shape index (κ2) is 8.09. The summed E-state index contributed by atoms with van der Waals surface area (Å²) in [6, 6.07) is 12.0. The summed E-state index contributed by atoms with van der Waals surface area (Å²) in [6.45, 7) is 10.0. The number of nitrogens with one attached hydrogen (secondary N) is 1. The number of alkyl carbamates (subject to hydrolysis) is 1. The van der Waals surface area contributed by atoms with Gasteiger partial charge in [0.05, 0.1) is 6.04 Å². The van der Waals surface area contributed by atoms with Crippen LogP contribution in [0.1, 0.15) is 34.6 Å². The maximum atomic E-state index is 12.0. The third-order valence-corrected chi connectivity index (χ3v) is 4.20. The van der Waals surface area contributed by atoms with Gasteiger partial charge in [-0.15, -0.1) is 0 Å². The fraction of sp³-hybridized carbons (Fsp3) is 0.450. The first-order valence-electron chi connectivity index (χ1n) is 8.46. The van der Waals surface area contributed by atoms with E-state index in [2.05, 4.69) is 27.3 Å². The molecule has 2 aromatic rings. The van der Waals surface area contributed by atoms with Crippen LogP contribution >= 0.6 is 15.9 Å². The predicted octanol–water partition coefficient (Wildman–Crippen LogP) is 5.53. The Labute approximate surface area is 158 Å². The predicted molar refractivity (Wildman–Crippen MR) is 105 cm³/mol. The van der Waals surface area contributed by atoms with Crippen LogP contribution in [0, 0.1) is 5.92 Å². The molecule has 0 fully saturated rings. The van der Waals surface area contributed by atoms with Crippen LogP contribution in [-0.4, -0.2) is 24.3 Å². The van der Waals surface area contributed by atoms with Gasteiger partial charge in [-0.3, -0.25) is 0 Å². The number of ether oxygens (including phenoxy) is 2. The Hall–Kier alpha value is -1.75. The van der Waals surface area contributed by atoms with Crippen molar-refractivity contribution in [3.8, 4) is 5.75 Å². The highest BCUT2D eigenvalue weighted by atomic mass is 79.9. The van der Waals surface area contributed by atoms with Crippen molar-refractivity contribution in [1.82, 2.24) is 5.32 Å². The van der Waals surface area contributed by atoms with Gasteiger partial charge in [0.2, 0.25) is 0 Å². The molecule has 0 radical (unpaired) electrons. The Kier molecular flexibility index (Phi) is 6.33. The normalized spacial score (nSPS) is 12.9. The van der Waals surface area contributed by atoms with Gasteiger partial charge >= 0.3 is 6.09 Å². The smallest absolute Gasteiger partial charge is 0.407 e. The van der Waals surface area contributed by atoms with Gasteiger partial charge in [0, 0.05) is 4.47 Å². The summed E-state index contributed by atoms with van der Waals surface area (Å²) < 4.78 is 12.3. The summed E-state index contributed by atoms with van der Waals surface area (Å²) in [5.74, 6) is 1.01. The Balaban J connectivity index is 2.01. The lowest BCUT2D eigenvalue weighted by atomic mass is 10.1. The van der Waals surface area contributed by atoms with Crippen LogP contribution in [0.4, 0.5) is 4.79 Å². The van der Waals surface area contributed by atoms with Gasteiger partial charge < -0.3 is 14.8 Å². The quantitative estimate of drug-likeness (QED) is 0.708. The Morgan fingerprint density at radius 1 is 1.12 bits per heavy atom. The number of fused-ring (bicyclic) bond motifs is 1. The van der Waals surface area contributed by atoms with Crippen molar-refractivity contribution in [3.63, 3.8) is 0 Å². The molecule has 0 aliphatic rings. The molecule has 5 heteroatoms. The van der Waals surface area contributed by atoms with E-state index in [0.29, 0.717) is 6.61 Å². The average molecular weight is 408 g/mol. The maximum absolute atomic E-state index is 12.0. The Morgan fingerprint density at radius 3 is 2.40 bits per heavy atom. The third kappa shape index (κ3) is 6.24. The lowest BCUT2D eigenvalue weighted by molar-refractivity contribution is 0.0469. The Bertz CT molecular complexity index is 737. The van der Waals surface area contributed by atoms with E-state index in [-0.39, 0.29) is 12.0 Å². The molecule has 0 aliphatic heterocycles. The molecule has 1 atom stereocenters. The van der Waals surface area contributed by atoms with E-state index in [4.69, 9.17) is 9.47 Å². The second-order valence-corrected chi connectivity index (χ2v) is 8.38. The summed E-state index contributed by atoms with van der Waals surface area (Å²) in [6.07, 6.45) is -0.418. The summed E-state index contributed by atoms with van der Waals surface area (Å²) in [4.78, 5) is 12.0. The molecule has 4 nitrogen and oxygen atoms in total. The minimum Gasteiger partial charge on any atom is -0.491 e. The number of halogens is 1. The molecule has 0 saturated heterocycles. The van der Waals surface area contributed by atoms with Gasteiger partial charge in [0.25, 0.3) is 0 Å². The molecule has 0 saturated carbocycles. The summed E-state index contributed by atoms with van der Waals surface area (Å²) >= 11 is 3.48. The fourth-order valence-electron chi connectivity index (χ4n) is 2.33. The zero-order chi connectivity index (χ0) is 18.6. The van der Waals surface area contributed by atoms with E-state index in [1.165, 1.54) is 0 Å². The van der Waals surface area contributed by atoms with E-state index in [9.17, 15) is 4.79 Å².